The lowest BCUT2D eigenvalue weighted by Gasteiger charge is -2.25. The first-order valence-corrected chi connectivity index (χ1v) is 11.7. The number of ether oxygens (including phenoxy) is 2. The number of rotatable bonds is 7. The minimum atomic E-state index is -0.274. The van der Waals surface area contributed by atoms with Crippen molar-refractivity contribution in [3.8, 4) is 17.2 Å². The summed E-state index contributed by atoms with van der Waals surface area (Å²) in [4.78, 5) is 32.8. The maximum absolute atomic E-state index is 12.9. The van der Waals surface area contributed by atoms with E-state index in [9.17, 15) is 9.59 Å². The van der Waals surface area contributed by atoms with Crippen molar-refractivity contribution >= 4 is 16.9 Å². The summed E-state index contributed by atoms with van der Waals surface area (Å²) in [5.74, 6) is 1.89. The number of benzene rings is 2. The Hall–Kier alpha value is -4.14. The maximum atomic E-state index is 12.9. The van der Waals surface area contributed by atoms with Crippen LogP contribution in [0.15, 0.2) is 59.5 Å². The molecule has 2 aromatic carbocycles. The Balaban J connectivity index is 1.31. The van der Waals surface area contributed by atoms with Gasteiger partial charge in [-0.1, -0.05) is 38.1 Å². The largest absolute Gasteiger partial charge is 0.486 e. The number of nitrogens with one attached hydrogen (secondary N) is 2. The highest BCUT2D eigenvalue weighted by molar-refractivity contribution is 5.77. The lowest BCUT2D eigenvalue weighted by molar-refractivity contribution is -0.122. The summed E-state index contributed by atoms with van der Waals surface area (Å²) in [6.45, 7) is 5.15. The number of fused-ring (bicyclic) bond motifs is 2. The van der Waals surface area contributed by atoms with Crippen LogP contribution in [0.25, 0.3) is 16.7 Å². The minimum Gasteiger partial charge on any atom is -0.486 e. The van der Waals surface area contributed by atoms with E-state index in [1.54, 1.807) is 4.68 Å². The van der Waals surface area contributed by atoms with Crippen LogP contribution in [-0.4, -0.2) is 38.9 Å². The van der Waals surface area contributed by atoms with Gasteiger partial charge in [0, 0.05) is 12.8 Å². The predicted octanol–water partition coefficient (Wildman–Crippen LogP) is 3.33. The number of carbonyl (C=O) groups is 1. The van der Waals surface area contributed by atoms with E-state index in [0.29, 0.717) is 48.0 Å². The number of aromatic nitrogens is 4. The molecule has 0 aliphatic carbocycles. The molecule has 1 amide bonds. The highest BCUT2D eigenvalue weighted by atomic mass is 16.6. The Bertz CT molecular complexity index is 1410. The second-order valence-corrected chi connectivity index (χ2v) is 8.83. The molecule has 0 unspecified atom stereocenters. The zero-order valence-corrected chi connectivity index (χ0v) is 19.7. The molecule has 1 aliphatic heterocycles. The molecule has 180 valence electrons. The van der Waals surface area contributed by atoms with Crippen molar-refractivity contribution in [3.63, 3.8) is 0 Å². The second kappa shape index (κ2) is 9.61. The number of amides is 1. The van der Waals surface area contributed by atoms with Gasteiger partial charge in [0.05, 0.1) is 17.9 Å². The lowest BCUT2D eigenvalue weighted by atomic mass is 9.95. The van der Waals surface area contributed by atoms with Crippen molar-refractivity contribution in [2.75, 3.05) is 13.2 Å². The molecule has 0 spiro atoms. The van der Waals surface area contributed by atoms with Gasteiger partial charge in [-0.2, -0.15) is 5.10 Å². The van der Waals surface area contributed by atoms with E-state index in [-0.39, 0.29) is 29.8 Å². The molecular formula is C26H27N5O4. The number of hydrogen-bond donors (Lipinski definition) is 2. The molecule has 35 heavy (non-hydrogen) atoms. The monoisotopic (exact) mass is 473 g/mol. The quantitative estimate of drug-likeness (QED) is 0.426. The van der Waals surface area contributed by atoms with E-state index in [2.05, 4.69) is 34.2 Å². The van der Waals surface area contributed by atoms with Crippen molar-refractivity contribution in [1.29, 1.82) is 0 Å². The molecule has 3 heterocycles. The van der Waals surface area contributed by atoms with Gasteiger partial charge in [0.1, 0.15) is 24.4 Å². The van der Waals surface area contributed by atoms with E-state index in [0.717, 1.165) is 11.3 Å². The van der Waals surface area contributed by atoms with Crippen LogP contribution >= 0.6 is 0 Å². The zero-order chi connectivity index (χ0) is 24.4. The van der Waals surface area contributed by atoms with E-state index < -0.39 is 0 Å². The van der Waals surface area contributed by atoms with Gasteiger partial charge < -0.3 is 19.8 Å². The molecule has 9 nitrogen and oxygen atoms in total. The van der Waals surface area contributed by atoms with Gasteiger partial charge in [0.25, 0.3) is 5.56 Å². The van der Waals surface area contributed by atoms with E-state index in [1.165, 1.54) is 6.20 Å². The van der Waals surface area contributed by atoms with Gasteiger partial charge in [-0.3, -0.25) is 9.59 Å². The second-order valence-electron chi connectivity index (χ2n) is 8.83. The first kappa shape index (κ1) is 22.6. The number of para-hydroxylation sites is 1. The van der Waals surface area contributed by atoms with Crippen LogP contribution in [-0.2, 0) is 11.2 Å². The molecule has 0 saturated carbocycles. The normalized spacial score (nSPS) is 13.7. The van der Waals surface area contributed by atoms with Crippen LogP contribution in [0.2, 0.25) is 0 Å². The van der Waals surface area contributed by atoms with Gasteiger partial charge in [-0.05, 0) is 35.7 Å². The number of H-pyrrole nitrogens is 1. The van der Waals surface area contributed by atoms with Crippen molar-refractivity contribution < 1.29 is 14.3 Å². The number of carbonyl (C=O) groups excluding carboxylic acids is 1. The first-order valence-electron chi connectivity index (χ1n) is 11.7. The average Bonchev–Trinajstić information content (AvgIpc) is 3.31. The van der Waals surface area contributed by atoms with Gasteiger partial charge in [-0.25, -0.2) is 9.67 Å². The van der Waals surface area contributed by atoms with Gasteiger partial charge in [-0.15, -0.1) is 0 Å². The maximum Gasteiger partial charge on any atom is 0.262 e. The summed E-state index contributed by atoms with van der Waals surface area (Å²) >= 11 is 0. The molecular weight excluding hydrogens is 446 g/mol. The molecule has 9 heteroatoms. The summed E-state index contributed by atoms with van der Waals surface area (Å²) in [6, 6.07) is 15.1. The molecule has 0 radical (unpaired) electrons. The predicted molar refractivity (Wildman–Crippen MR) is 131 cm³/mol. The Labute approximate surface area is 202 Å². The van der Waals surface area contributed by atoms with Gasteiger partial charge in [0.2, 0.25) is 5.91 Å². The molecule has 4 aromatic rings. The molecule has 1 atom stereocenters. The summed E-state index contributed by atoms with van der Waals surface area (Å²) < 4.78 is 12.9. The number of nitrogens with zero attached hydrogens (tertiary/aromatic N) is 3. The molecule has 0 bridgehead atoms. The van der Waals surface area contributed by atoms with Crippen LogP contribution in [0.3, 0.4) is 0 Å². The van der Waals surface area contributed by atoms with E-state index >= 15 is 0 Å². The highest BCUT2D eigenvalue weighted by Gasteiger charge is 2.22. The van der Waals surface area contributed by atoms with Crippen molar-refractivity contribution in [2.45, 2.75) is 32.7 Å². The average molecular weight is 474 g/mol. The van der Waals surface area contributed by atoms with Crippen LogP contribution in [0.5, 0.6) is 11.5 Å². The Morgan fingerprint density at radius 1 is 1.11 bits per heavy atom. The third-order valence-corrected chi connectivity index (χ3v) is 5.99. The fourth-order valence-corrected chi connectivity index (χ4v) is 4.21. The topological polar surface area (TPSA) is 111 Å². The summed E-state index contributed by atoms with van der Waals surface area (Å²) in [6.07, 6.45) is 1.98. The fraction of sp³-hybridized carbons (Fsp3) is 0.308. The standard InChI is InChI=1S/C26H27N5O4/c1-16(2)24(17-8-9-20-21(14-17)35-13-12-34-20)30-23(32)11-10-22-28-25-19(26(33)29-22)15-27-31(25)18-6-4-3-5-7-18/h3-9,14-16,24H,10-13H2,1-2H3,(H,30,32)(H,28,29,33)/t24-/m1/s1. The zero-order valence-electron chi connectivity index (χ0n) is 19.7. The van der Waals surface area contributed by atoms with Crippen molar-refractivity contribution in [1.82, 2.24) is 25.1 Å². The Morgan fingerprint density at radius 2 is 1.89 bits per heavy atom. The molecule has 0 saturated heterocycles. The first-order chi connectivity index (χ1) is 17.0. The Kier molecular flexibility index (Phi) is 6.22. The number of aryl methyl sites for hydroxylation is 1. The van der Waals surface area contributed by atoms with Crippen LogP contribution < -0.4 is 20.3 Å². The Morgan fingerprint density at radius 3 is 2.66 bits per heavy atom. The smallest absolute Gasteiger partial charge is 0.262 e. The van der Waals surface area contributed by atoms with Crippen LogP contribution in [0.1, 0.15) is 37.7 Å². The van der Waals surface area contributed by atoms with Crippen molar-refractivity contribution in [3.05, 3.63) is 76.5 Å². The fourth-order valence-electron chi connectivity index (χ4n) is 4.21. The molecule has 2 N–H and O–H groups in total. The lowest BCUT2D eigenvalue weighted by Crippen LogP contribution is -2.32. The summed E-state index contributed by atoms with van der Waals surface area (Å²) in [7, 11) is 0. The van der Waals surface area contributed by atoms with Crippen LogP contribution in [0, 0.1) is 5.92 Å². The third kappa shape index (κ3) is 4.75. The van der Waals surface area contributed by atoms with Gasteiger partial charge in [0.15, 0.2) is 17.1 Å². The SMILES string of the molecule is CC(C)[C@@H](NC(=O)CCc1nc2c(cnn2-c2ccccc2)c(=O)[nH]1)c1ccc2c(c1)OCCO2. The molecule has 1 aliphatic rings. The number of aromatic amines is 1. The molecule has 2 aromatic heterocycles. The van der Waals surface area contributed by atoms with E-state index in [1.807, 2.05) is 48.5 Å². The highest BCUT2D eigenvalue weighted by Crippen LogP contribution is 2.34. The summed E-state index contributed by atoms with van der Waals surface area (Å²) in [5, 5.41) is 7.85. The van der Waals surface area contributed by atoms with Gasteiger partial charge >= 0.3 is 0 Å². The van der Waals surface area contributed by atoms with Crippen LogP contribution in [0.4, 0.5) is 0 Å². The number of hydrogen-bond acceptors (Lipinski definition) is 6. The molecule has 5 rings (SSSR count). The van der Waals surface area contributed by atoms with E-state index in [4.69, 9.17) is 9.47 Å². The third-order valence-electron chi connectivity index (χ3n) is 5.99. The minimum absolute atomic E-state index is 0.127. The molecule has 0 fully saturated rings. The summed E-state index contributed by atoms with van der Waals surface area (Å²) in [5.41, 5.74) is 1.96. The van der Waals surface area contributed by atoms with Crippen molar-refractivity contribution in [2.24, 2.45) is 5.92 Å².